The first-order valence-electron chi connectivity index (χ1n) is 10.3. The molecule has 33 heavy (non-hydrogen) atoms. The molecular formula is C24H23N3O4S2. The number of anilines is 2. The van der Waals surface area contributed by atoms with Crippen molar-refractivity contribution in [3.8, 4) is 0 Å². The minimum absolute atomic E-state index is 0.0404. The maximum Gasteiger partial charge on any atom is 0.308 e. The van der Waals surface area contributed by atoms with Crippen LogP contribution in [-0.4, -0.2) is 25.9 Å². The summed E-state index contributed by atoms with van der Waals surface area (Å²) in [7, 11) is -2.30. The van der Waals surface area contributed by atoms with Gasteiger partial charge in [0.05, 0.1) is 20.8 Å². The molecule has 0 unspecified atom stereocenters. The predicted octanol–water partition coefficient (Wildman–Crippen LogP) is 4.72. The Bertz CT molecular complexity index is 1490. The Hall–Kier alpha value is -3.43. The summed E-state index contributed by atoms with van der Waals surface area (Å²) in [6, 6.07) is 19.9. The first-order chi connectivity index (χ1) is 15.7. The fourth-order valence-corrected chi connectivity index (χ4v) is 5.80. The van der Waals surface area contributed by atoms with Gasteiger partial charge in [0.25, 0.3) is 15.9 Å². The van der Waals surface area contributed by atoms with Crippen molar-refractivity contribution in [3.63, 3.8) is 0 Å². The minimum Gasteiger partial charge on any atom is -0.322 e. The van der Waals surface area contributed by atoms with Crippen molar-refractivity contribution in [2.75, 3.05) is 16.7 Å². The molecule has 1 aromatic heterocycles. The van der Waals surface area contributed by atoms with E-state index in [-0.39, 0.29) is 21.7 Å². The number of carbonyl (C=O) groups is 1. The molecule has 0 fully saturated rings. The number of aromatic nitrogens is 1. The van der Waals surface area contributed by atoms with Crippen LogP contribution in [0.5, 0.6) is 0 Å². The average Bonchev–Trinajstić information content (AvgIpc) is 3.14. The number of carbonyl (C=O) groups excluding carboxylic acids is 1. The number of hydrogen-bond donors (Lipinski definition) is 1. The summed E-state index contributed by atoms with van der Waals surface area (Å²) in [6.45, 7) is 3.90. The highest BCUT2D eigenvalue weighted by molar-refractivity contribution is 7.92. The van der Waals surface area contributed by atoms with Crippen molar-refractivity contribution in [2.45, 2.75) is 24.8 Å². The number of nitrogens with zero attached hydrogens (tertiary/aromatic N) is 2. The van der Waals surface area contributed by atoms with Gasteiger partial charge in [0.2, 0.25) is 0 Å². The van der Waals surface area contributed by atoms with Gasteiger partial charge in [-0.1, -0.05) is 35.6 Å². The summed E-state index contributed by atoms with van der Waals surface area (Å²) in [5.74, 6) is -0.377. The second-order valence-electron chi connectivity index (χ2n) is 7.80. The van der Waals surface area contributed by atoms with Crippen LogP contribution in [0.4, 0.5) is 11.4 Å². The van der Waals surface area contributed by atoms with E-state index in [0.717, 1.165) is 25.9 Å². The molecule has 0 spiro atoms. The first kappa shape index (κ1) is 22.8. The van der Waals surface area contributed by atoms with E-state index in [1.54, 1.807) is 53.1 Å². The molecule has 0 radical (unpaired) electrons. The third kappa shape index (κ3) is 4.42. The van der Waals surface area contributed by atoms with Crippen LogP contribution in [0.1, 0.15) is 30.2 Å². The van der Waals surface area contributed by atoms with Crippen LogP contribution in [0, 0.1) is 0 Å². The van der Waals surface area contributed by atoms with E-state index >= 15 is 0 Å². The molecule has 1 heterocycles. The van der Waals surface area contributed by atoms with Crippen LogP contribution in [-0.2, 0) is 10.0 Å². The lowest BCUT2D eigenvalue weighted by atomic mass is 10.2. The highest BCUT2D eigenvalue weighted by atomic mass is 32.2. The van der Waals surface area contributed by atoms with Gasteiger partial charge in [0.15, 0.2) is 0 Å². The maximum atomic E-state index is 12.9. The molecule has 9 heteroatoms. The number of sulfonamides is 1. The van der Waals surface area contributed by atoms with Crippen LogP contribution >= 0.6 is 11.3 Å². The first-order valence-corrected chi connectivity index (χ1v) is 12.5. The van der Waals surface area contributed by atoms with Gasteiger partial charge in [0.1, 0.15) is 0 Å². The zero-order chi connectivity index (χ0) is 23.8. The van der Waals surface area contributed by atoms with Crippen molar-refractivity contribution in [1.29, 1.82) is 0 Å². The zero-order valence-corrected chi connectivity index (χ0v) is 20.0. The third-order valence-corrected chi connectivity index (χ3v) is 7.98. The molecule has 1 N–H and O–H groups in total. The summed E-state index contributed by atoms with van der Waals surface area (Å²) in [5.41, 5.74) is 2.07. The lowest BCUT2D eigenvalue weighted by Gasteiger charge is -2.20. The van der Waals surface area contributed by atoms with Crippen molar-refractivity contribution < 1.29 is 13.2 Å². The van der Waals surface area contributed by atoms with Crippen molar-refractivity contribution in [1.82, 2.24) is 4.57 Å². The van der Waals surface area contributed by atoms with E-state index in [9.17, 15) is 18.0 Å². The second kappa shape index (κ2) is 8.84. The number of amides is 1. The van der Waals surface area contributed by atoms with Gasteiger partial charge in [-0.15, -0.1) is 0 Å². The molecule has 4 rings (SSSR count). The van der Waals surface area contributed by atoms with Crippen molar-refractivity contribution in [3.05, 3.63) is 88.0 Å². The number of fused-ring (bicyclic) bond motifs is 1. The highest BCUT2D eigenvalue weighted by Crippen LogP contribution is 2.26. The van der Waals surface area contributed by atoms with Gasteiger partial charge >= 0.3 is 4.87 Å². The second-order valence-corrected chi connectivity index (χ2v) is 10.8. The quantitative estimate of drug-likeness (QED) is 0.432. The van der Waals surface area contributed by atoms with Gasteiger partial charge < -0.3 is 5.32 Å². The molecule has 1 amide bonds. The van der Waals surface area contributed by atoms with Gasteiger partial charge in [-0.25, -0.2) is 8.42 Å². The number of rotatable bonds is 6. The summed E-state index contributed by atoms with van der Waals surface area (Å²) in [5, 5.41) is 2.83. The van der Waals surface area contributed by atoms with Gasteiger partial charge in [-0.05, 0) is 62.4 Å². The zero-order valence-electron chi connectivity index (χ0n) is 18.3. The molecule has 0 saturated carbocycles. The molecule has 0 aliphatic heterocycles. The van der Waals surface area contributed by atoms with E-state index in [2.05, 4.69) is 5.32 Å². The normalized spacial score (nSPS) is 11.6. The van der Waals surface area contributed by atoms with E-state index in [0.29, 0.717) is 16.9 Å². The van der Waals surface area contributed by atoms with Gasteiger partial charge in [0, 0.05) is 24.3 Å². The van der Waals surface area contributed by atoms with Crippen LogP contribution in [0.15, 0.2) is 82.5 Å². The van der Waals surface area contributed by atoms with Crippen molar-refractivity contribution >= 4 is 48.9 Å². The standard InChI is InChI=1S/C24H23N3O4S2/c1-16(2)27-21-13-12-18(15-22(21)32-24(27)29)25-23(28)17-8-7-9-19(14-17)26(3)33(30,31)20-10-5-4-6-11-20/h4-16H,1-3H3,(H,25,28). The Morgan fingerprint density at radius 3 is 2.42 bits per heavy atom. The van der Waals surface area contributed by atoms with E-state index in [1.165, 1.54) is 25.2 Å². The molecule has 0 bridgehead atoms. The largest absolute Gasteiger partial charge is 0.322 e. The molecule has 170 valence electrons. The molecule has 7 nitrogen and oxygen atoms in total. The molecule has 3 aromatic carbocycles. The van der Waals surface area contributed by atoms with E-state index in [1.807, 2.05) is 19.9 Å². The van der Waals surface area contributed by atoms with Crippen LogP contribution in [0.25, 0.3) is 10.2 Å². The lowest BCUT2D eigenvalue weighted by molar-refractivity contribution is 0.102. The Morgan fingerprint density at radius 1 is 1.00 bits per heavy atom. The summed E-state index contributed by atoms with van der Waals surface area (Å²) in [4.78, 5) is 25.3. The Labute approximate surface area is 196 Å². The molecule has 0 saturated heterocycles. The Kier molecular flexibility index (Phi) is 6.09. The van der Waals surface area contributed by atoms with Crippen LogP contribution < -0.4 is 14.5 Å². The van der Waals surface area contributed by atoms with Gasteiger partial charge in [-0.2, -0.15) is 0 Å². The number of thiazole rings is 1. The SMILES string of the molecule is CC(C)n1c(=O)sc2cc(NC(=O)c3cccc(N(C)S(=O)(=O)c4ccccc4)c3)ccc21. The fourth-order valence-electron chi connectivity index (χ4n) is 3.54. The molecule has 0 aliphatic rings. The molecule has 0 atom stereocenters. The van der Waals surface area contributed by atoms with E-state index < -0.39 is 10.0 Å². The molecule has 0 aliphatic carbocycles. The Balaban J connectivity index is 1.59. The van der Waals surface area contributed by atoms with Crippen LogP contribution in [0.3, 0.4) is 0 Å². The van der Waals surface area contributed by atoms with Gasteiger partial charge in [-0.3, -0.25) is 18.5 Å². The third-order valence-electron chi connectivity index (χ3n) is 5.26. The monoisotopic (exact) mass is 481 g/mol. The number of hydrogen-bond acceptors (Lipinski definition) is 5. The van der Waals surface area contributed by atoms with Crippen LogP contribution in [0.2, 0.25) is 0 Å². The van der Waals surface area contributed by atoms with Crippen molar-refractivity contribution in [2.24, 2.45) is 0 Å². The Morgan fingerprint density at radius 2 is 1.73 bits per heavy atom. The number of benzene rings is 3. The average molecular weight is 482 g/mol. The smallest absolute Gasteiger partial charge is 0.308 e. The highest BCUT2D eigenvalue weighted by Gasteiger charge is 2.22. The predicted molar refractivity (Wildman–Crippen MR) is 133 cm³/mol. The maximum absolute atomic E-state index is 12.9. The fraction of sp³-hybridized carbons (Fsp3) is 0.167. The van der Waals surface area contributed by atoms with E-state index in [4.69, 9.17) is 0 Å². The number of nitrogens with one attached hydrogen (secondary N) is 1. The summed E-state index contributed by atoms with van der Waals surface area (Å²) in [6.07, 6.45) is 0. The minimum atomic E-state index is -3.76. The molecule has 4 aromatic rings. The molecular weight excluding hydrogens is 458 g/mol. The topological polar surface area (TPSA) is 88.5 Å². The summed E-state index contributed by atoms with van der Waals surface area (Å²) < 4.78 is 29.5. The summed E-state index contributed by atoms with van der Waals surface area (Å²) >= 11 is 1.13. The lowest BCUT2D eigenvalue weighted by Crippen LogP contribution is -2.26.